The first-order chi connectivity index (χ1) is 16.1. The largest absolute Gasteiger partial charge is 0.336 e. The van der Waals surface area contributed by atoms with E-state index in [9.17, 15) is 4.79 Å². The molecule has 0 atom stereocenters. The molecular formula is C26H22N3OS3+. The number of para-hydroxylation sites is 1. The summed E-state index contributed by atoms with van der Waals surface area (Å²) in [7, 11) is 4.16. The van der Waals surface area contributed by atoms with Gasteiger partial charge < -0.3 is 4.90 Å². The topological polar surface area (TPSA) is 29.1 Å². The molecule has 1 aliphatic heterocycles. The molecule has 0 aliphatic carbocycles. The van der Waals surface area contributed by atoms with Gasteiger partial charge in [0.15, 0.2) is 0 Å². The lowest BCUT2D eigenvalue weighted by molar-refractivity contribution is -0.642. The third-order valence-electron chi connectivity index (χ3n) is 6.15. The number of benzene rings is 3. The van der Waals surface area contributed by atoms with Crippen molar-refractivity contribution >= 4 is 72.2 Å². The van der Waals surface area contributed by atoms with Crippen molar-refractivity contribution < 1.29 is 4.57 Å². The number of hydrogen-bond acceptors (Lipinski definition) is 5. The zero-order valence-corrected chi connectivity index (χ0v) is 21.0. The summed E-state index contributed by atoms with van der Waals surface area (Å²) in [6.07, 6.45) is 2.16. The van der Waals surface area contributed by atoms with Crippen molar-refractivity contribution in [1.29, 1.82) is 0 Å². The van der Waals surface area contributed by atoms with E-state index < -0.39 is 0 Å². The van der Waals surface area contributed by atoms with Crippen molar-refractivity contribution in [2.75, 3.05) is 11.9 Å². The number of anilines is 1. The molecule has 0 amide bonds. The Hall–Kier alpha value is -2.87. The predicted octanol–water partition coefficient (Wildman–Crippen LogP) is 4.26. The number of nitrogens with zero attached hydrogens (tertiary/aromatic N) is 3. The van der Waals surface area contributed by atoms with Gasteiger partial charge in [-0.3, -0.25) is 9.36 Å². The Morgan fingerprint density at radius 2 is 1.79 bits per heavy atom. The molecule has 33 heavy (non-hydrogen) atoms. The molecular weight excluding hydrogens is 467 g/mol. The maximum absolute atomic E-state index is 13.5. The Bertz CT molecular complexity index is 1740. The second-order valence-corrected chi connectivity index (χ2v) is 11.2. The molecule has 7 heteroatoms. The molecule has 2 aromatic heterocycles. The highest BCUT2D eigenvalue weighted by molar-refractivity contribution is 8.08. The summed E-state index contributed by atoms with van der Waals surface area (Å²) in [6, 6.07) is 21.2. The molecule has 5 aromatic rings. The van der Waals surface area contributed by atoms with Gasteiger partial charge in [0.2, 0.25) is 5.52 Å². The molecule has 3 heterocycles. The molecule has 0 bridgehead atoms. The van der Waals surface area contributed by atoms with Crippen molar-refractivity contribution in [2.45, 2.75) is 18.4 Å². The number of aromatic nitrogens is 2. The summed E-state index contributed by atoms with van der Waals surface area (Å²) in [5.41, 5.74) is 2.48. The van der Waals surface area contributed by atoms with Crippen LogP contribution < -0.4 is 24.2 Å². The average molecular weight is 489 g/mol. The lowest BCUT2D eigenvalue weighted by atomic mass is 10.1. The molecule has 4 nitrogen and oxygen atoms in total. The monoisotopic (exact) mass is 488 g/mol. The van der Waals surface area contributed by atoms with Crippen LogP contribution in [0.2, 0.25) is 0 Å². The molecule has 3 aromatic carbocycles. The molecule has 0 saturated carbocycles. The minimum absolute atomic E-state index is 0.0870. The van der Waals surface area contributed by atoms with E-state index in [2.05, 4.69) is 90.3 Å². The highest BCUT2D eigenvalue weighted by Crippen LogP contribution is 2.48. The van der Waals surface area contributed by atoms with Crippen LogP contribution in [0.1, 0.15) is 11.9 Å². The van der Waals surface area contributed by atoms with Gasteiger partial charge in [0.25, 0.3) is 10.6 Å². The van der Waals surface area contributed by atoms with Gasteiger partial charge in [0, 0.05) is 29.9 Å². The lowest BCUT2D eigenvalue weighted by Crippen LogP contribution is -2.34. The third kappa shape index (κ3) is 3.18. The summed E-state index contributed by atoms with van der Waals surface area (Å²) < 4.78 is 7.14. The third-order valence-corrected chi connectivity index (χ3v) is 9.79. The SMILES string of the molecule is CCn1c(=O)/c(=C2\Sc3ccc4ccccc4c3N2C)s/c1=C\c1sc2ccccc2[n+]1C. The summed E-state index contributed by atoms with van der Waals surface area (Å²) >= 11 is 5.04. The van der Waals surface area contributed by atoms with Crippen LogP contribution in [-0.2, 0) is 13.6 Å². The van der Waals surface area contributed by atoms with Gasteiger partial charge in [-0.05, 0) is 24.4 Å². The fourth-order valence-electron chi connectivity index (χ4n) is 4.46. The van der Waals surface area contributed by atoms with E-state index in [1.54, 1.807) is 34.4 Å². The van der Waals surface area contributed by atoms with Crippen molar-refractivity contribution in [1.82, 2.24) is 4.57 Å². The van der Waals surface area contributed by atoms with Crippen LogP contribution in [0.3, 0.4) is 0 Å². The first kappa shape index (κ1) is 20.7. The number of hydrogen-bond donors (Lipinski definition) is 0. The normalized spacial score (nSPS) is 15.7. The Balaban J connectivity index is 1.57. The van der Waals surface area contributed by atoms with Gasteiger partial charge >= 0.3 is 0 Å². The van der Waals surface area contributed by atoms with Gasteiger partial charge in [0.05, 0.1) is 11.8 Å². The summed E-state index contributed by atoms with van der Waals surface area (Å²) in [6.45, 7) is 2.69. The standard InChI is InChI=1S/C26H22N3OS3/c1-4-29-22(15-21-27(2)18-11-7-8-12-19(18)31-21)33-24(25(29)30)26-28(3)23-17-10-6-5-9-16(17)13-14-20(23)32-26/h5-15H,4H2,1-3H3/q+1/b26-24+. The predicted molar refractivity (Wildman–Crippen MR) is 142 cm³/mol. The van der Waals surface area contributed by atoms with E-state index in [-0.39, 0.29) is 5.56 Å². The molecule has 0 radical (unpaired) electrons. The van der Waals surface area contributed by atoms with E-state index in [1.165, 1.54) is 31.6 Å². The molecule has 0 saturated heterocycles. The Kier molecular flexibility index (Phi) is 4.94. The molecule has 6 rings (SSSR count). The van der Waals surface area contributed by atoms with Crippen LogP contribution in [0.4, 0.5) is 5.69 Å². The fraction of sp³-hybridized carbons (Fsp3) is 0.154. The highest BCUT2D eigenvalue weighted by atomic mass is 32.2. The quantitative estimate of drug-likeness (QED) is 0.348. The minimum Gasteiger partial charge on any atom is -0.336 e. The van der Waals surface area contributed by atoms with Gasteiger partial charge in [-0.1, -0.05) is 65.6 Å². The second kappa shape index (κ2) is 7.87. The van der Waals surface area contributed by atoms with Crippen LogP contribution in [0.5, 0.6) is 0 Å². The van der Waals surface area contributed by atoms with Crippen molar-refractivity contribution in [3.63, 3.8) is 0 Å². The zero-order valence-electron chi connectivity index (χ0n) is 18.5. The molecule has 1 aliphatic rings. The summed E-state index contributed by atoms with van der Waals surface area (Å²) in [4.78, 5) is 16.9. The molecule has 0 N–H and O–H groups in total. The van der Waals surface area contributed by atoms with Gasteiger partial charge in [0.1, 0.15) is 26.0 Å². The van der Waals surface area contributed by atoms with Gasteiger partial charge in [-0.2, -0.15) is 4.57 Å². The molecule has 164 valence electrons. The lowest BCUT2D eigenvalue weighted by Gasteiger charge is -2.15. The minimum atomic E-state index is 0.0870. The second-order valence-electron chi connectivity index (χ2n) is 8.03. The Labute approximate surface area is 203 Å². The fourth-order valence-corrected chi connectivity index (χ4v) is 8.09. The van der Waals surface area contributed by atoms with Crippen LogP contribution in [0.15, 0.2) is 70.4 Å². The van der Waals surface area contributed by atoms with E-state index in [4.69, 9.17) is 0 Å². The van der Waals surface area contributed by atoms with E-state index >= 15 is 0 Å². The van der Waals surface area contributed by atoms with Crippen LogP contribution in [-0.4, -0.2) is 11.6 Å². The van der Waals surface area contributed by atoms with E-state index in [0.29, 0.717) is 6.54 Å². The van der Waals surface area contributed by atoms with E-state index in [0.717, 1.165) is 19.2 Å². The number of fused-ring (bicyclic) bond motifs is 4. The number of thiazole rings is 2. The van der Waals surface area contributed by atoms with Crippen molar-refractivity contribution in [3.05, 3.63) is 85.2 Å². The molecule has 0 unspecified atom stereocenters. The highest BCUT2D eigenvalue weighted by Gasteiger charge is 2.26. The maximum atomic E-state index is 13.5. The van der Waals surface area contributed by atoms with Crippen LogP contribution >= 0.6 is 34.4 Å². The molecule has 0 fully saturated rings. The summed E-state index contributed by atoms with van der Waals surface area (Å²) in [5, 5.41) is 4.58. The first-order valence-electron chi connectivity index (χ1n) is 10.8. The van der Waals surface area contributed by atoms with Crippen LogP contribution in [0.25, 0.3) is 32.1 Å². The van der Waals surface area contributed by atoms with Crippen molar-refractivity contribution in [3.8, 4) is 0 Å². The Morgan fingerprint density at radius 3 is 2.61 bits per heavy atom. The first-order valence-corrected chi connectivity index (χ1v) is 13.3. The van der Waals surface area contributed by atoms with Gasteiger partial charge in [-0.25, -0.2) is 0 Å². The van der Waals surface area contributed by atoms with Gasteiger partial charge in [-0.15, -0.1) is 11.3 Å². The number of aryl methyl sites for hydroxylation is 1. The number of rotatable bonds is 2. The Morgan fingerprint density at radius 1 is 1.00 bits per heavy atom. The average Bonchev–Trinajstić information content (AvgIpc) is 3.45. The zero-order chi connectivity index (χ0) is 22.7. The smallest absolute Gasteiger partial charge is 0.271 e. The summed E-state index contributed by atoms with van der Waals surface area (Å²) in [5.74, 6) is 0. The van der Waals surface area contributed by atoms with Crippen molar-refractivity contribution in [2.24, 2.45) is 7.05 Å². The molecule has 0 spiro atoms. The number of thioether (sulfide) groups is 1. The van der Waals surface area contributed by atoms with Crippen LogP contribution in [0, 0.1) is 0 Å². The van der Waals surface area contributed by atoms with E-state index in [1.807, 2.05) is 11.5 Å². The maximum Gasteiger partial charge on any atom is 0.271 e.